The topological polar surface area (TPSA) is 221 Å². The number of hydrogen-bond acceptors (Lipinski definition) is 13. The average Bonchev–Trinajstić information content (AvgIpc) is 3.93. The molecule has 10 rings (SSSR count). The summed E-state index contributed by atoms with van der Waals surface area (Å²) in [6.45, 7) is 6.53. The number of benzene rings is 4. The van der Waals surface area contributed by atoms with Gasteiger partial charge in [0.2, 0.25) is 17.7 Å². The predicted octanol–water partition coefficient (Wildman–Crippen LogP) is 7.66. The van der Waals surface area contributed by atoms with Gasteiger partial charge in [0.25, 0.3) is 5.91 Å². The van der Waals surface area contributed by atoms with Crippen molar-refractivity contribution in [1.82, 2.24) is 30.0 Å². The molecule has 72 heavy (non-hydrogen) atoms. The second-order valence-electron chi connectivity index (χ2n) is 19.1. The summed E-state index contributed by atoms with van der Waals surface area (Å²) in [5, 5.41) is 35.9. The highest BCUT2D eigenvalue weighted by molar-refractivity contribution is 7.22. The third kappa shape index (κ3) is 10.2. The number of likely N-dealkylation sites (tertiary alicyclic amines) is 1. The van der Waals surface area contributed by atoms with Crippen molar-refractivity contribution in [2.45, 2.75) is 71.1 Å². The van der Waals surface area contributed by atoms with Crippen LogP contribution in [0.2, 0.25) is 0 Å². The zero-order chi connectivity index (χ0) is 50.2. The minimum atomic E-state index is -1.16. The molecule has 3 aliphatic rings. The number of carbonyl (C=O) groups excluding carboxylic acids is 4. The van der Waals surface area contributed by atoms with E-state index < -0.39 is 18.2 Å². The lowest BCUT2D eigenvalue weighted by Gasteiger charge is -2.33. The highest BCUT2D eigenvalue weighted by Gasteiger charge is 2.32. The van der Waals surface area contributed by atoms with Crippen molar-refractivity contribution in [3.05, 3.63) is 125 Å². The molecule has 2 fully saturated rings. The second-order valence-corrected chi connectivity index (χ2v) is 20.2. The number of carboxylic acid groups (broad SMARTS) is 1. The molecule has 0 spiro atoms. The number of nitrogens with one attached hydrogen (secondary N) is 3. The van der Waals surface area contributed by atoms with Crippen LogP contribution in [0.5, 0.6) is 5.75 Å². The highest BCUT2D eigenvalue weighted by atomic mass is 32.1. The number of amides is 4. The number of imide groups is 1. The Kier molecular flexibility index (Phi) is 13.6. The molecule has 3 aliphatic heterocycles. The Morgan fingerprint density at radius 1 is 0.903 bits per heavy atom. The Bertz CT molecular complexity index is 3240. The SMILES string of the molecule is Cc1cc(OC(O)[C@@H](C)CC2CCN(CC(=O)Nc3ccc4c(C5CCC(=O)NC5=O)nn(C)c4c3)CC2)ccc1-c1ccc(N2CCc3cccc(C(=O)Nc4nc5ccccc5s4)c3C2)nc1C(=O)O. The molecule has 2 saturated heterocycles. The Labute approximate surface area is 419 Å². The molecule has 5 N–H and O–H groups in total. The zero-order valence-electron chi connectivity index (χ0n) is 40.2. The number of fused-ring (bicyclic) bond motifs is 3. The number of carboxylic acids is 1. The van der Waals surface area contributed by atoms with Crippen LogP contribution in [0.3, 0.4) is 0 Å². The largest absolute Gasteiger partial charge is 0.476 e. The van der Waals surface area contributed by atoms with E-state index in [2.05, 4.69) is 35.9 Å². The number of para-hydroxylation sites is 1. The van der Waals surface area contributed by atoms with Crippen LogP contribution in [0, 0.1) is 18.8 Å². The van der Waals surface area contributed by atoms with Crippen molar-refractivity contribution in [1.29, 1.82) is 0 Å². The number of nitrogens with zero attached hydrogens (tertiary/aromatic N) is 6. The number of rotatable bonds is 14. The molecule has 6 heterocycles. The summed E-state index contributed by atoms with van der Waals surface area (Å²) < 4.78 is 8.73. The molecule has 370 valence electrons. The fraction of sp³-hybridized carbons (Fsp3) is 0.333. The van der Waals surface area contributed by atoms with Crippen LogP contribution in [0.15, 0.2) is 91.0 Å². The number of aromatic carboxylic acids is 1. The number of aromatic nitrogens is 4. The van der Waals surface area contributed by atoms with E-state index in [-0.39, 0.29) is 48.2 Å². The number of ether oxygens (including phenoxy) is 1. The number of pyridine rings is 1. The third-order valence-corrected chi connectivity index (χ3v) is 15.1. The van der Waals surface area contributed by atoms with Gasteiger partial charge in [-0.1, -0.05) is 48.6 Å². The molecule has 0 bridgehead atoms. The third-order valence-electron chi connectivity index (χ3n) is 14.2. The van der Waals surface area contributed by atoms with Gasteiger partial charge in [-0.2, -0.15) is 5.10 Å². The monoisotopic (exact) mass is 989 g/mol. The number of hydrogen-bond donors (Lipinski definition) is 5. The maximum atomic E-state index is 13.6. The van der Waals surface area contributed by atoms with Crippen LogP contribution in [-0.4, -0.2) is 96.9 Å². The molecule has 18 heteroatoms. The second kappa shape index (κ2) is 20.3. The lowest BCUT2D eigenvalue weighted by atomic mass is 9.87. The Morgan fingerprint density at radius 2 is 1.71 bits per heavy atom. The van der Waals surface area contributed by atoms with E-state index in [1.807, 2.05) is 79.4 Å². The number of aliphatic hydroxyl groups is 1. The highest BCUT2D eigenvalue weighted by Crippen LogP contribution is 2.36. The normalized spacial score (nSPS) is 17.3. The van der Waals surface area contributed by atoms with E-state index >= 15 is 0 Å². The van der Waals surface area contributed by atoms with Crippen LogP contribution in [0.25, 0.3) is 32.2 Å². The van der Waals surface area contributed by atoms with Gasteiger partial charge in [-0.25, -0.2) is 14.8 Å². The van der Waals surface area contributed by atoms with E-state index in [0.29, 0.717) is 76.6 Å². The predicted molar refractivity (Wildman–Crippen MR) is 274 cm³/mol. The first-order valence-corrected chi connectivity index (χ1v) is 25.1. The summed E-state index contributed by atoms with van der Waals surface area (Å²) >= 11 is 1.42. The van der Waals surface area contributed by atoms with Gasteiger partial charge in [0, 0.05) is 54.7 Å². The maximum absolute atomic E-state index is 13.6. The van der Waals surface area contributed by atoms with Gasteiger partial charge in [-0.15, -0.1) is 0 Å². The van der Waals surface area contributed by atoms with E-state index in [1.165, 1.54) is 11.3 Å². The fourth-order valence-corrected chi connectivity index (χ4v) is 11.2. The number of aliphatic hydroxyl groups excluding tert-OH is 1. The van der Waals surface area contributed by atoms with E-state index in [9.17, 15) is 34.2 Å². The first-order valence-electron chi connectivity index (χ1n) is 24.3. The van der Waals surface area contributed by atoms with Crippen molar-refractivity contribution in [3.8, 4) is 16.9 Å². The van der Waals surface area contributed by atoms with Gasteiger partial charge in [-0.05, 0) is 141 Å². The van der Waals surface area contributed by atoms with Gasteiger partial charge in [0.15, 0.2) is 17.1 Å². The van der Waals surface area contributed by atoms with Crippen molar-refractivity contribution in [2.75, 3.05) is 41.7 Å². The number of carbonyl (C=O) groups is 5. The number of anilines is 3. The van der Waals surface area contributed by atoms with E-state index in [1.54, 1.807) is 42.1 Å². The lowest BCUT2D eigenvalue weighted by molar-refractivity contribution is -0.134. The molecule has 4 amide bonds. The molecule has 0 saturated carbocycles. The molecule has 0 radical (unpaired) electrons. The Balaban J connectivity index is 0.715. The van der Waals surface area contributed by atoms with Crippen molar-refractivity contribution >= 4 is 78.7 Å². The van der Waals surface area contributed by atoms with Crippen LogP contribution in [0.1, 0.15) is 88.2 Å². The summed E-state index contributed by atoms with van der Waals surface area (Å²) in [5.74, 6) is -1.55. The fourth-order valence-electron chi connectivity index (χ4n) is 10.4. The molecular weight excluding hydrogens is 935 g/mol. The molecule has 3 aromatic heterocycles. The quantitative estimate of drug-likeness (QED) is 0.0523. The van der Waals surface area contributed by atoms with E-state index in [0.717, 1.165) is 70.2 Å². The van der Waals surface area contributed by atoms with Crippen LogP contribution in [-0.2, 0) is 34.4 Å². The summed E-state index contributed by atoms with van der Waals surface area (Å²) in [7, 11) is 1.79. The minimum Gasteiger partial charge on any atom is -0.476 e. The van der Waals surface area contributed by atoms with Crippen molar-refractivity contribution < 1.29 is 38.9 Å². The van der Waals surface area contributed by atoms with Crippen LogP contribution < -0.4 is 25.6 Å². The van der Waals surface area contributed by atoms with Crippen LogP contribution >= 0.6 is 11.3 Å². The van der Waals surface area contributed by atoms with Gasteiger partial charge in [-0.3, -0.25) is 39.4 Å². The number of thiazole rings is 1. The van der Waals surface area contributed by atoms with Gasteiger partial charge >= 0.3 is 5.97 Å². The molecular formula is C54H55N9O8S. The first kappa shape index (κ1) is 48.1. The maximum Gasteiger partial charge on any atom is 0.355 e. The summed E-state index contributed by atoms with van der Waals surface area (Å²) in [6, 6.07) is 27.9. The molecule has 4 aromatic carbocycles. The Morgan fingerprint density at radius 3 is 2.49 bits per heavy atom. The smallest absolute Gasteiger partial charge is 0.355 e. The molecule has 17 nitrogen and oxygen atoms in total. The zero-order valence-corrected chi connectivity index (χ0v) is 41.0. The lowest BCUT2D eigenvalue weighted by Crippen LogP contribution is -2.40. The van der Waals surface area contributed by atoms with E-state index in [4.69, 9.17) is 4.74 Å². The van der Waals surface area contributed by atoms with Gasteiger partial charge in [0.1, 0.15) is 11.6 Å². The Hall–Kier alpha value is -7.54. The van der Waals surface area contributed by atoms with Crippen molar-refractivity contribution in [2.24, 2.45) is 18.9 Å². The number of aryl methyl sites for hydroxylation is 2. The average molecular weight is 990 g/mol. The summed E-state index contributed by atoms with van der Waals surface area (Å²) in [4.78, 5) is 77.1. The minimum absolute atomic E-state index is 0.0941. The summed E-state index contributed by atoms with van der Waals surface area (Å²) in [6.07, 6.45) is 2.74. The van der Waals surface area contributed by atoms with Gasteiger partial charge in [0.05, 0.1) is 33.9 Å². The molecule has 7 aromatic rings. The number of piperidine rings is 2. The van der Waals surface area contributed by atoms with Gasteiger partial charge < -0.3 is 25.2 Å². The van der Waals surface area contributed by atoms with Crippen molar-refractivity contribution in [3.63, 3.8) is 0 Å². The summed E-state index contributed by atoms with van der Waals surface area (Å²) in [5.41, 5.74) is 7.09. The van der Waals surface area contributed by atoms with Crippen LogP contribution in [0.4, 0.5) is 16.6 Å². The molecule has 0 aliphatic carbocycles. The molecule has 3 atom stereocenters. The first-order chi connectivity index (χ1) is 34.7. The standard InChI is InChI=1S/C54H55N9O8S/c1-30-26-35(71-53(70)31(2)25-32-19-22-62(23-20-32)29-47(65)55-34-11-13-39-43(27-34)61(3)60-48(39)40-16-18-46(64)58-51(40)67)12-14-36(30)37-15-17-45(57-49(37)52(68)69)63-24-21-33-7-6-8-38(41(33)28-63)50(66)59-54-56-42-9-4-5-10-44(42)72-54/h4-15,17,26-27,31-32,40,53,70H,16,18-25,28-29H2,1-3H3,(H,55,65)(H,68,69)(H,56,59,66)(H,58,64,67)/t31-,40?,53?/m0/s1. The molecule has 2 unspecified atom stereocenters.